The first-order valence-electron chi connectivity index (χ1n) is 9.64. The molecule has 7 nitrogen and oxygen atoms in total. The minimum atomic E-state index is -0.426. The van der Waals surface area contributed by atoms with E-state index in [4.69, 9.17) is 5.73 Å². The molecule has 1 aromatic carbocycles. The fourth-order valence-corrected chi connectivity index (χ4v) is 4.46. The Labute approximate surface area is 177 Å². The highest BCUT2D eigenvalue weighted by Gasteiger charge is 2.23. The first kappa shape index (κ1) is 21.7. The summed E-state index contributed by atoms with van der Waals surface area (Å²) in [6, 6.07) is 6.30. The van der Waals surface area contributed by atoms with Gasteiger partial charge in [0.2, 0.25) is 0 Å². The number of anilines is 3. The Morgan fingerprint density at radius 2 is 1.90 bits per heavy atom. The smallest absolute Gasteiger partial charge is 0.277 e. The summed E-state index contributed by atoms with van der Waals surface area (Å²) in [4.78, 5) is 19.4. The molecule has 0 aliphatic carbocycles. The number of halogens is 2. The summed E-state index contributed by atoms with van der Waals surface area (Å²) < 4.78 is 15.8. The highest BCUT2D eigenvalue weighted by atomic mass is 32.1. The second-order valence-corrected chi connectivity index (χ2v) is 8.10. The summed E-state index contributed by atoms with van der Waals surface area (Å²) in [6.07, 6.45) is 6.29. The third-order valence-electron chi connectivity index (χ3n) is 5.03. The van der Waals surface area contributed by atoms with Crippen LogP contribution in [0.5, 0.6) is 0 Å². The number of hydrogen-bond donors (Lipinski definition) is 2. The molecule has 0 unspecified atom stereocenters. The lowest BCUT2D eigenvalue weighted by Gasteiger charge is -2.23. The Hall–Kier alpha value is -3.01. The maximum Gasteiger partial charge on any atom is 0.277 e. The number of rotatable bonds is 4. The molecular formula is C20H24F2N6OS. The molecule has 0 atom stereocenters. The summed E-state index contributed by atoms with van der Waals surface area (Å²) in [5.41, 5.74) is 7.08. The van der Waals surface area contributed by atoms with Crippen LogP contribution in [0.1, 0.15) is 36.2 Å². The lowest BCUT2D eigenvalue weighted by molar-refractivity contribution is 0.102. The van der Waals surface area contributed by atoms with Crippen molar-refractivity contribution in [2.75, 3.05) is 29.0 Å². The normalized spacial score (nSPS) is 14.1. The van der Waals surface area contributed by atoms with Crippen LogP contribution in [0.3, 0.4) is 0 Å². The van der Waals surface area contributed by atoms with Gasteiger partial charge < -0.3 is 16.0 Å². The number of nitrogens with zero attached hydrogens (tertiary/aromatic N) is 4. The topological polar surface area (TPSA) is 89.1 Å². The van der Waals surface area contributed by atoms with Gasteiger partial charge in [0.25, 0.3) is 5.91 Å². The van der Waals surface area contributed by atoms with Crippen LogP contribution in [0.4, 0.5) is 25.6 Å². The van der Waals surface area contributed by atoms with Crippen molar-refractivity contribution in [1.82, 2.24) is 14.8 Å². The molecule has 10 heteroatoms. The fraction of sp³-hybridized carbons (Fsp3) is 0.350. The van der Waals surface area contributed by atoms with E-state index in [1.54, 1.807) is 29.1 Å². The molecule has 3 N–H and O–H groups in total. The molecule has 1 aliphatic heterocycles. The maximum absolute atomic E-state index is 14.1. The highest BCUT2D eigenvalue weighted by Crippen LogP contribution is 2.33. The maximum atomic E-state index is 14.1. The second kappa shape index (κ2) is 9.21. The number of nitrogen functional groups attached to an aromatic ring is 1. The lowest BCUT2D eigenvalue weighted by atomic mass is 10.2. The van der Waals surface area contributed by atoms with Crippen molar-refractivity contribution in [2.45, 2.75) is 25.7 Å². The number of thiazole rings is 1. The van der Waals surface area contributed by atoms with Crippen LogP contribution >= 0.6 is 11.3 Å². The summed E-state index contributed by atoms with van der Waals surface area (Å²) >= 11 is 1.10. The summed E-state index contributed by atoms with van der Waals surface area (Å²) in [5, 5.41) is 7.84. The minimum Gasteiger partial charge on any atom is -0.389 e. The molecule has 1 saturated heterocycles. The molecular weight excluding hydrogens is 410 g/mol. The summed E-state index contributed by atoms with van der Waals surface area (Å²) in [5.74, 6) is 0.0534. The third kappa shape index (κ3) is 4.28. The van der Waals surface area contributed by atoms with E-state index in [9.17, 15) is 9.18 Å². The van der Waals surface area contributed by atoms with E-state index in [1.807, 2.05) is 7.05 Å². The van der Waals surface area contributed by atoms with Gasteiger partial charge in [0.05, 0.1) is 6.20 Å². The molecule has 1 amide bonds. The number of amides is 1. The molecule has 4 rings (SSSR count). The van der Waals surface area contributed by atoms with Crippen molar-refractivity contribution in [3.63, 3.8) is 0 Å². The zero-order valence-electron chi connectivity index (χ0n) is 16.6. The Morgan fingerprint density at radius 3 is 2.60 bits per heavy atom. The molecule has 1 aliphatic rings. The van der Waals surface area contributed by atoms with Crippen LogP contribution in [-0.2, 0) is 7.05 Å². The number of carbonyl (C=O) groups excluding carboxylic acids is 1. The molecule has 0 radical (unpaired) electrons. The quantitative estimate of drug-likeness (QED) is 0.647. The van der Waals surface area contributed by atoms with Gasteiger partial charge >= 0.3 is 0 Å². The molecule has 2 aromatic heterocycles. The van der Waals surface area contributed by atoms with Crippen LogP contribution < -0.4 is 16.0 Å². The average Bonchev–Trinajstić information content (AvgIpc) is 3.14. The predicted octanol–water partition coefficient (Wildman–Crippen LogP) is 4.05. The largest absolute Gasteiger partial charge is 0.389 e. The van der Waals surface area contributed by atoms with Crippen molar-refractivity contribution in [3.05, 3.63) is 42.0 Å². The predicted molar refractivity (Wildman–Crippen MR) is 116 cm³/mol. The molecule has 0 saturated carbocycles. The van der Waals surface area contributed by atoms with Crippen molar-refractivity contribution >= 4 is 33.8 Å². The second-order valence-electron chi connectivity index (χ2n) is 7.07. The van der Waals surface area contributed by atoms with Gasteiger partial charge in [0.1, 0.15) is 21.5 Å². The summed E-state index contributed by atoms with van der Waals surface area (Å²) in [7, 11) is 1.86. The molecule has 3 aromatic rings. The van der Waals surface area contributed by atoms with Gasteiger partial charge in [-0.05, 0) is 25.0 Å². The number of nitrogens with one attached hydrogen (secondary N) is 1. The van der Waals surface area contributed by atoms with E-state index in [1.165, 1.54) is 18.9 Å². The van der Waals surface area contributed by atoms with E-state index < -0.39 is 11.7 Å². The van der Waals surface area contributed by atoms with E-state index >= 15 is 0 Å². The average molecular weight is 435 g/mol. The van der Waals surface area contributed by atoms with Crippen LogP contribution in [0.25, 0.3) is 10.6 Å². The van der Waals surface area contributed by atoms with Gasteiger partial charge in [-0.1, -0.05) is 36.3 Å². The zero-order chi connectivity index (χ0) is 20.4. The number of aromatic nitrogens is 3. The van der Waals surface area contributed by atoms with Gasteiger partial charge in [-0.15, -0.1) is 0 Å². The van der Waals surface area contributed by atoms with E-state index in [-0.39, 0.29) is 15.4 Å². The lowest BCUT2D eigenvalue weighted by Crippen LogP contribution is -2.27. The highest BCUT2D eigenvalue weighted by molar-refractivity contribution is 7.19. The number of aryl methyl sites for hydroxylation is 1. The van der Waals surface area contributed by atoms with Crippen LogP contribution in [0, 0.1) is 5.82 Å². The Balaban J connectivity index is 0.00000256. The van der Waals surface area contributed by atoms with E-state index in [2.05, 4.69) is 20.3 Å². The Bertz CT molecular complexity index is 1030. The van der Waals surface area contributed by atoms with Crippen LogP contribution in [0.2, 0.25) is 0 Å². The monoisotopic (exact) mass is 434 g/mol. The SMILES string of the molecule is Cn1ncc(NC(=O)c2nc(-c3ccccc3F)sc2N)c1N1CCCCCC1.F. The van der Waals surface area contributed by atoms with Gasteiger partial charge in [-0.2, -0.15) is 5.10 Å². The van der Waals surface area contributed by atoms with Crippen molar-refractivity contribution in [2.24, 2.45) is 7.05 Å². The van der Waals surface area contributed by atoms with Crippen molar-refractivity contribution < 1.29 is 13.9 Å². The molecule has 1 fully saturated rings. The molecule has 3 heterocycles. The molecule has 0 spiro atoms. The first-order valence-corrected chi connectivity index (χ1v) is 10.5. The van der Waals surface area contributed by atoms with Gasteiger partial charge in [0, 0.05) is 25.7 Å². The number of carbonyl (C=O) groups is 1. The number of nitrogens with two attached hydrogens (primary N) is 1. The van der Waals surface area contributed by atoms with Gasteiger partial charge in [0.15, 0.2) is 11.5 Å². The zero-order valence-corrected chi connectivity index (χ0v) is 17.4. The van der Waals surface area contributed by atoms with Crippen LogP contribution in [0.15, 0.2) is 30.5 Å². The third-order valence-corrected chi connectivity index (χ3v) is 5.95. The standard InChI is InChI=1S/C20H23FN6OS.FH/c1-26-20(27-10-6-2-3-7-11-27)15(12-23-26)24-18(28)16-17(22)29-19(25-16)13-8-4-5-9-14(13)21;/h4-5,8-9,12H,2-3,6-7,10-11,22H2,1H3,(H,24,28);1H. The fourth-order valence-electron chi connectivity index (χ4n) is 3.60. The number of hydrogen-bond acceptors (Lipinski definition) is 6. The van der Waals surface area contributed by atoms with Crippen molar-refractivity contribution in [1.29, 1.82) is 0 Å². The van der Waals surface area contributed by atoms with E-state index in [0.717, 1.165) is 43.1 Å². The Kier molecular flexibility index (Phi) is 6.66. The first-order chi connectivity index (χ1) is 14.0. The van der Waals surface area contributed by atoms with E-state index in [0.29, 0.717) is 16.3 Å². The van der Waals surface area contributed by atoms with Crippen LogP contribution in [-0.4, -0.2) is 33.8 Å². The number of benzene rings is 1. The Morgan fingerprint density at radius 1 is 1.20 bits per heavy atom. The molecule has 160 valence electrons. The molecule has 30 heavy (non-hydrogen) atoms. The van der Waals surface area contributed by atoms with Gasteiger partial charge in [-0.25, -0.2) is 9.37 Å². The minimum absolute atomic E-state index is 0. The molecule has 0 bridgehead atoms. The van der Waals surface area contributed by atoms with Crippen molar-refractivity contribution in [3.8, 4) is 10.6 Å². The summed E-state index contributed by atoms with van der Waals surface area (Å²) in [6.45, 7) is 1.86. The van der Waals surface area contributed by atoms with Gasteiger partial charge in [-0.3, -0.25) is 14.2 Å².